The third kappa shape index (κ3) is 4.58. The van der Waals surface area contributed by atoms with Gasteiger partial charge in [-0.1, -0.05) is 83.3 Å². The summed E-state index contributed by atoms with van der Waals surface area (Å²) in [6.45, 7) is 0. The summed E-state index contributed by atoms with van der Waals surface area (Å²) in [7, 11) is 0. The van der Waals surface area contributed by atoms with Gasteiger partial charge in [0.15, 0.2) is 0 Å². The van der Waals surface area contributed by atoms with Gasteiger partial charge in [-0.15, -0.1) is 0 Å². The lowest BCUT2D eigenvalue weighted by Gasteiger charge is -2.17. The van der Waals surface area contributed by atoms with Crippen LogP contribution in [0.5, 0.6) is 0 Å². The second-order valence-corrected chi connectivity index (χ2v) is 6.44. The minimum absolute atomic E-state index is 1.04. The molecule has 0 atom stereocenters. The molecule has 1 aliphatic rings. The molecule has 0 aromatic heterocycles. The van der Waals surface area contributed by atoms with Crippen LogP contribution in [0.4, 0.5) is 5.69 Å². The van der Waals surface area contributed by atoms with Crippen molar-refractivity contribution in [3.05, 3.63) is 89.6 Å². The Kier molecular flexibility index (Phi) is 5.70. The van der Waals surface area contributed by atoms with Crippen molar-refractivity contribution in [3.63, 3.8) is 0 Å². The molecule has 116 valence electrons. The Morgan fingerprint density at radius 2 is 1.83 bits per heavy atom. The van der Waals surface area contributed by atoms with E-state index in [0.29, 0.717) is 0 Å². The molecular weight excluding hydrogens is 393 g/mol. The first-order valence-electron chi connectivity index (χ1n) is 7.90. The van der Waals surface area contributed by atoms with Crippen LogP contribution in [0.1, 0.15) is 24.0 Å². The second kappa shape index (κ2) is 8.16. The lowest BCUT2D eigenvalue weighted by Crippen LogP contribution is -2.03. The van der Waals surface area contributed by atoms with Gasteiger partial charge in [-0.05, 0) is 47.8 Å². The molecule has 0 heterocycles. The SMILES string of the molecule is IC/C=C\c1cccc(NC2=CC=C(c3ccccc3)CC2)c1. The summed E-state index contributed by atoms with van der Waals surface area (Å²) in [6.07, 6.45) is 10.9. The maximum absolute atomic E-state index is 3.55. The largest absolute Gasteiger partial charge is 0.359 e. The van der Waals surface area contributed by atoms with E-state index in [1.54, 1.807) is 0 Å². The quantitative estimate of drug-likeness (QED) is 0.448. The summed E-state index contributed by atoms with van der Waals surface area (Å²) in [6, 6.07) is 19.2. The van der Waals surface area contributed by atoms with Crippen LogP contribution < -0.4 is 5.32 Å². The van der Waals surface area contributed by atoms with Gasteiger partial charge < -0.3 is 5.32 Å². The standard InChI is InChI=1S/C21H20IN/c22-15-5-7-17-6-4-10-21(16-17)23-20-13-11-19(12-14-20)18-8-2-1-3-9-18/h1-11,13,16,23H,12,14-15H2/b7-5-. The van der Waals surface area contributed by atoms with Crippen molar-refractivity contribution in [2.24, 2.45) is 0 Å². The average molecular weight is 413 g/mol. The molecule has 0 spiro atoms. The van der Waals surface area contributed by atoms with Gasteiger partial charge >= 0.3 is 0 Å². The number of nitrogens with one attached hydrogen (secondary N) is 1. The fourth-order valence-electron chi connectivity index (χ4n) is 2.72. The molecule has 23 heavy (non-hydrogen) atoms. The van der Waals surface area contributed by atoms with Crippen molar-refractivity contribution in [1.82, 2.24) is 0 Å². The number of alkyl halides is 1. The van der Waals surface area contributed by atoms with E-state index < -0.39 is 0 Å². The number of hydrogen-bond acceptors (Lipinski definition) is 1. The number of halogens is 1. The van der Waals surface area contributed by atoms with Gasteiger partial charge in [0, 0.05) is 15.8 Å². The van der Waals surface area contributed by atoms with Gasteiger partial charge in [0.1, 0.15) is 0 Å². The molecule has 1 N–H and O–H groups in total. The molecule has 1 aliphatic carbocycles. The summed E-state index contributed by atoms with van der Waals surface area (Å²) in [5, 5.41) is 3.55. The first-order chi connectivity index (χ1) is 11.3. The minimum Gasteiger partial charge on any atom is -0.359 e. The molecule has 0 saturated heterocycles. The van der Waals surface area contributed by atoms with E-state index in [9.17, 15) is 0 Å². The Balaban J connectivity index is 1.71. The van der Waals surface area contributed by atoms with Crippen LogP contribution in [0.2, 0.25) is 0 Å². The number of anilines is 1. The van der Waals surface area contributed by atoms with E-state index in [2.05, 4.69) is 107 Å². The maximum atomic E-state index is 3.55. The van der Waals surface area contributed by atoms with Crippen LogP contribution in [0.3, 0.4) is 0 Å². The van der Waals surface area contributed by atoms with Crippen molar-refractivity contribution < 1.29 is 0 Å². The molecule has 1 nitrogen and oxygen atoms in total. The topological polar surface area (TPSA) is 12.0 Å². The van der Waals surface area contributed by atoms with Crippen LogP contribution in [-0.4, -0.2) is 4.43 Å². The average Bonchev–Trinajstić information content (AvgIpc) is 2.62. The fourth-order valence-corrected chi connectivity index (χ4v) is 2.97. The summed E-state index contributed by atoms with van der Waals surface area (Å²) in [5.41, 5.74) is 6.41. The Hall–Kier alpha value is -1.81. The predicted octanol–water partition coefficient (Wildman–Crippen LogP) is 6.31. The molecule has 0 fully saturated rings. The normalized spacial score (nSPS) is 14.5. The molecule has 2 heteroatoms. The first-order valence-corrected chi connectivity index (χ1v) is 9.42. The van der Waals surface area contributed by atoms with Crippen molar-refractivity contribution in [1.29, 1.82) is 0 Å². The summed E-state index contributed by atoms with van der Waals surface area (Å²) in [5.74, 6) is 0. The molecule has 2 aromatic carbocycles. The lowest BCUT2D eigenvalue weighted by atomic mass is 9.96. The molecule has 3 rings (SSSR count). The lowest BCUT2D eigenvalue weighted by molar-refractivity contribution is 0.982. The van der Waals surface area contributed by atoms with Crippen LogP contribution >= 0.6 is 22.6 Å². The third-order valence-corrected chi connectivity index (χ3v) is 4.39. The van der Waals surface area contributed by atoms with Gasteiger partial charge in [-0.2, -0.15) is 0 Å². The molecular formula is C21H20IN. The van der Waals surface area contributed by atoms with E-state index in [1.807, 2.05) is 0 Å². The van der Waals surface area contributed by atoms with Gasteiger partial charge in [-0.25, -0.2) is 0 Å². The summed E-state index contributed by atoms with van der Waals surface area (Å²) in [4.78, 5) is 0. The highest BCUT2D eigenvalue weighted by Gasteiger charge is 2.08. The fraction of sp³-hybridized carbons (Fsp3) is 0.143. The molecule has 0 aliphatic heterocycles. The Morgan fingerprint density at radius 1 is 0.957 bits per heavy atom. The molecule has 0 amide bonds. The predicted molar refractivity (Wildman–Crippen MR) is 110 cm³/mol. The highest BCUT2D eigenvalue weighted by molar-refractivity contribution is 14.1. The number of hydrogen-bond donors (Lipinski definition) is 1. The van der Waals surface area contributed by atoms with Gasteiger partial charge in [0.25, 0.3) is 0 Å². The molecule has 0 bridgehead atoms. The van der Waals surface area contributed by atoms with Crippen LogP contribution in [0.25, 0.3) is 11.6 Å². The second-order valence-electron chi connectivity index (χ2n) is 5.56. The van der Waals surface area contributed by atoms with Crippen molar-refractivity contribution >= 4 is 39.9 Å². The van der Waals surface area contributed by atoms with Crippen molar-refractivity contribution in [2.45, 2.75) is 12.8 Å². The smallest absolute Gasteiger partial charge is 0.0387 e. The minimum atomic E-state index is 1.04. The Morgan fingerprint density at radius 3 is 2.57 bits per heavy atom. The van der Waals surface area contributed by atoms with Gasteiger partial charge in [-0.3, -0.25) is 0 Å². The zero-order chi connectivity index (χ0) is 15.9. The Bertz CT molecular complexity index is 741. The number of allylic oxidation sites excluding steroid dienone is 5. The number of rotatable bonds is 5. The van der Waals surface area contributed by atoms with Gasteiger partial charge in [0.2, 0.25) is 0 Å². The van der Waals surface area contributed by atoms with Gasteiger partial charge in [0.05, 0.1) is 0 Å². The molecule has 0 saturated carbocycles. The third-order valence-electron chi connectivity index (χ3n) is 3.88. The van der Waals surface area contributed by atoms with Crippen LogP contribution in [-0.2, 0) is 0 Å². The van der Waals surface area contributed by atoms with Crippen molar-refractivity contribution in [3.8, 4) is 0 Å². The summed E-state index contributed by atoms with van der Waals surface area (Å²) < 4.78 is 1.04. The first kappa shape index (κ1) is 16.1. The Labute approximate surface area is 152 Å². The van der Waals surface area contributed by atoms with Crippen LogP contribution in [0, 0.1) is 0 Å². The van der Waals surface area contributed by atoms with E-state index >= 15 is 0 Å². The van der Waals surface area contributed by atoms with E-state index in [1.165, 1.54) is 22.4 Å². The number of benzene rings is 2. The zero-order valence-electron chi connectivity index (χ0n) is 13.0. The monoisotopic (exact) mass is 413 g/mol. The zero-order valence-corrected chi connectivity index (χ0v) is 15.2. The summed E-state index contributed by atoms with van der Waals surface area (Å²) >= 11 is 2.36. The van der Waals surface area contributed by atoms with E-state index in [4.69, 9.17) is 0 Å². The van der Waals surface area contributed by atoms with E-state index in [0.717, 1.165) is 23.0 Å². The molecule has 0 unspecified atom stereocenters. The molecule has 0 radical (unpaired) electrons. The van der Waals surface area contributed by atoms with Crippen LogP contribution in [0.15, 0.2) is 78.5 Å². The molecule has 2 aromatic rings. The highest BCUT2D eigenvalue weighted by atomic mass is 127. The highest BCUT2D eigenvalue weighted by Crippen LogP contribution is 2.27. The van der Waals surface area contributed by atoms with E-state index in [-0.39, 0.29) is 0 Å². The maximum Gasteiger partial charge on any atom is 0.0387 e. The van der Waals surface area contributed by atoms with Crippen molar-refractivity contribution in [2.75, 3.05) is 9.74 Å².